The van der Waals surface area contributed by atoms with Crippen molar-refractivity contribution >= 4 is 95.8 Å². The molecule has 13 aromatic rings. The second-order valence-corrected chi connectivity index (χ2v) is 20.0. The first-order valence-corrected chi connectivity index (χ1v) is 26.5. The van der Waals surface area contributed by atoms with Crippen molar-refractivity contribution in [2.24, 2.45) is 0 Å². The maximum absolute atomic E-state index is 6.67. The molecule has 0 fully saturated rings. The van der Waals surface area contributed by atoms with Crippen LogP contribution in [0.1, 0.15) is 42.0 Å². The van der Waals surface area contributed by atoms with Gasteiger partial charge in [-0.05, 0) is 167 Å². The predicted molar refractivity (Wildman–Crippen MR) is 329 cm³/mol. The lowest BCUT2D eigenvalue weighted by Crippen LogP contribution is -2.11. The molecule has 0 unspecified atom stereocenters. The highest BCUT2D eigenvalue weighted by Gasteiger charge is 2.26. The molecule has 0 saturated heterocycles. The first-order chi connectivity index (χ1) is 38.0. The van der Waals surface area contributed by atoms with Crippen LogP contribution in [-0.2, 0) is 0 Å². The van der Waals surface area contributed by atoms with E-state index in [-0.39, 0.29) is 0 Å². The Morgan fingerprint density at radius 1 is 0.442 bits per heavy atom. The van der Waals surface area contributed by atoms with Gasteiger partial charge in [0.2, 0.25) is 0 Å². The third-order valence-corrected chi connectivity index (χ3v) is 15.8. The fraction of sp³-hybridized carbons (Fsp3) is 0.0411. The summed E-state index contributed by atoms with van der Waals surface area (Å²) in [6.45, 7) is 14.7. The zero-order valence-electron chi connectivity index (χ0n) is 43.3. The van der Waals surface area contributed by atoms with Crippen LogP contribution in [0.25, 0.3) is 135 Å². The number of anilines is 3. The van der Waals surface area contributed by atoms with E-state index in [1.807, 2.05) is 31.2 Å². The number of hydrogen-bond acceptors (Lipinski definition) is 2. The summed E-state index contributed by atoms with van der Waals surface area (Å²) in [5.41, 5.74) is 23.8. The van der Waals surface area contributed by atoms with Crippen molar-refractivity contribution in [2.75, 3.05) is 4.90 Å². The number of fused-ring (bicyclic) bond motifs is 8. The predicted octanol–water partition coefficient (Wildman–Crippen LogP) is 20.7. The standard InChI is InChI=1S/C73H53N3O/c1-6-19-56-61-44-49(34-39-67(61)74(64(56)9-4)51-22-11-10-12-23-51)50-35-41-69-63(45-50)62-43-48(33-40-68(62)76(69)66-42-38-58-55-25-15-14-24-54(55)57-26-17-28-60(66)72(57)58)47-31-36-52(37-32-47)75(65-29-16-13-21-46(65)5)70-30-18-27-59-53(8-3)71(20-7-2)77-73(59)70/h6-45H,3-4H2,1-2,5H3/b19-6-,20-7-. The second-order valence-electron chi connectivity index (χ2n) is 20.0. The Morgan fingerprint density at radius 3 is 1.69 bits per heavy atom. The van der Waals surface area contributed by atoms with Crippen LogP contribution in [-0.4, -0.2) is 9.13 Å². The number of hydrogen-bond donors (Lipinski definition) is 0. The van der Waals surface area contributed by atoms with E-state index >= 15 is 0 Å². The number of furan rings is 1. The minimum Gasteiger partial charge on any atom is -0.454 e. The lowest BCUT2D eigenvalue weighted by atomic mass is 9.98. The summed E-state index contributed by atoms with van der Waals surface area (Å²) in [4.78, 5) is 2.32. The van der Waals surface area contributed by atoms with Gasteiger partial charge in [0.25, 0.3) is 0 Å². The lowest BCUT2D eigenvalue weighted by Gasteiger charge is -2.27. The molecular formula is C73H53N3O. The average Bonchev–Trinajstić information content (AvgIpc) is 4.37. The Kier molecular flexibility index (Phi) is 10.8. The number of allylic oxidation sites excluding steroid dienone is 2. The highest BCUT2D eigenvalue weighted by atomic mass is 16.3. The lowest BCUT2D eigenvalue weighted by molar-refractivity contribution is 0.603. The van der Waals surface area contributed by atoms with E-state index in [0.717, 1.165) is 101 Å². The molecular weight excluding hydrogens is 935 g/mol. The summed E-state index contributed by atoms with van der Waals surface area (Å²) in [6.07, 6.45) is 12.2. The molecule has 0 atom stereocenters. The monoisotopic (exact) mass is 987 g/mol. The number of aryl methyl sites for hydroxylation is 1. The van der Waals surface area contributed by atoms with Crippen molar-refractivity contribution in [1.82, 2.24) is 9.13 Å². The molecule has 0 aliphatic heterocycles. The molecule has 0 spiro atoms. The molecule has 0 radical (unpaired) electrons. The molecule has 14 rings (SSSR count). The van der Waals surface area contributed by atoms with E-state index in [9.17, 15) is 0 Å². The smallest absolute Gasteiger partial charge is 0.159 e. The van der Waals surface area contributed by atoms with Crippen LogP contribution in [0.2, 0.25) is 0 Å². The van der Waals surface area contributed by atoms with Gasteiger partial charge in [0.05, 0.1) is 33.6 Å². The van der Waals surface area contributed by atoms with Crippen LogP contribution in [0.4, 0.5) is 17.1 Å². The van der Waals surface area contributed by atoms with E-state index < -0.39 is 0 Å². The average molecular weight is 988 g/mol. The fourth-order valence-corrected chi connectivity index (χ4v) is 12.4. The molecule has 1 aliphatic carbocycles. The minimum atomic E-state index is 0.799. The molecule has 0 N–H and O–H groups in total. The Hall–Kier alpha value is -9.90. The normalized spacial score (nSPS) is 12.1. The number of rotatable bonds is 11. The zero-order chi connectivity index (χ0) is 51.9. The molecule has 3 aromatic heterocycles. The molecule has 0 bridgehead atoms. The van der Waals surface area contributed by atoms with Gasteiger partial charge in [-0.2, -0.15) is 0 Å². The van der Waals surface area contributed by atoms with E-state index in [2.05, 4.69) is 259 Å². The van der Waals surface area contributed by atoms with Gasteiger partial charge in [-0.15, -0.1) is 0 Å². The molecule has 10 aromatic carbocycles. The van der Waals surface area contributed by atoms with Crippen molar-refractivity contribution in [2.45, 2.75) is 20.8 Å². The van der Waals surface area contributed by atoms with Crippen LogP contribution in [0.3, 0.4) is 0 Å². The van der Waals surface area contributed by atoms with Gasteiger partial charge in [-0.25, -0.2) is 0 Å². The second kappa shape index (κ2) is 18.2. The fourth-order valence-electron chi connectivity index (χ4n) is 12.4. The maximum Gasteiger partial charge on any atom is 0.159 e. The molecule has 3 heterocycles. The number of para-hydroxylation sites is 3. The summed E-state index contributed by atoms with van der Waals surface area (Å²) < 4.78 is 11.5. The van der Waals surface area contributed by atoms with Crippen molar-refractivity contribution in [3.05, 3.63) is 260 Å². The Morgan fingerprint density at radius 2 is 1.01 bits per heavy atom. The maximum atomic E-state index is 6.67. The highest BCUT2D eigenvalue weighted by Crippen LogP contribution is 2.50. The summed E-state index contributed by atoms with van der Waals surface area (Å²) in [7, 11) is 0. The van der Waals surface area contributed by atoms with Crippen molar-refractivity contribution in [1.29, 1.82) is 0 Å². The van der Waals surface area contributed by atoms with Crippen molar-refractivity contribution in [3.8, 4) is 55.9 Å². The van der Waals surface area contributed by atoms with E-state index in [4.69, 9.17) is 4.42 Å². The molecule has 366 valence electrons. The van der Waals surface area contributed by atoms with Gasteiger partial charge in [0.15, 0.2) is 5.58 Å². The van der Waals surface area contributed by atoms with E-state index in [0.29, 0.717) is 0 Å². The Balaban J connectivity index is 0.948. The molecule has 0 amide bonds. The summed E-state index contributed by atoms with van der Waals surface area (Å²) in [6, 6.07) is 75.7. The zero-order valence-corrected chi connectivity index (χ0v) is 43.3. The summed E-state index contributed by atoms with van der Waals surface area (Å²) in [5.74, 6) is 0.799. The van der Waals surface area contributed by atoms with Crippen LogP contribution in [0, 0.1) is 6.92 Å². The van der Waals surface area contributed by atoms with Crippen LogP contribution in [0.15, 0.2) is 236 Å². The number of nitrogens with zero attached hydrogens (tertiary/aromatic N) is 3. The summed E-state index contributed by atoms with van der Waals surface area (Å²) >= 11 is 0. The van der Waals surface area contributed by atoms with Crippen molar-refractivity contribution in [3.63, 3.8) is 0 Å². The first kappa shape index (κ1) is 45.7. The van der Waals surface area contributed by atoms with Gasteiger partial charge in [-0.3, -0.25) is 0 Å². The molecule has 1 aliphatic rings. The molecule has 4 nitrogen and oxygen atoms in total. The topological polar surface area (TPSA) is 26.2 Å². The summed E-state index contributed by atoms with van der Waals surface area (Å²) in [5, 5.41) is 7.14. The van der Waals surface area contributed by atoms with Crippen LogP contribution >= 0.6 is 0 Å². The van der Waals surface area contributed by atoms with Gasteiger partial charge >= 0.3 is 0 Å². The molecule has 0 saturated carbocycles. The first-order valence-electron chi connectivity index (χ1n) is 26.5. The van der Waals surface area contributed by atoms with E-state index in [1.54, 1.807) is 0 Å². The van der Waals surface area contributed by atoms with Gasteiger partial charge in [0, 0.05) is 55.1 Å². The molecule has 4 heteroatoms. The van der Waals surface area contributed by atoms with E-state index in [1.165, 1.54) is 54.9 Å². The number of benzene rings is 10. The quantitative estimate of drug-likeness (QED) is 0.129. The third kappa shape index (κ3) is 7.06. The van der Waals surface area contributed by atoms with Gasteiger partial charge in [0.1, 0.15) is 5.76 Å². The Labute approximate surface area is 448 Å². The number of aromatic nitrogens is 2. The molecule has 77 heavy (non-hydrogen) atoms. The van der Waals surface area contributed by atoms with Crippen LogP contribution in [0.5, 0.6) is 0 Å². The Bertz CT molecular complexity index is 4600. The largest absolute Gasteiger partial charge is 0.454 e. The van der Waals surface area contributed by atoms with Gasteiger partial charge in [-0.1, -0.05) is 165 Å². The van der Waals surface area contributed by atoms with Crippen LogP contribution < -0.4 is 4.90 Å². The SMILES string of the molecule is C=Cc1c(/C=C\C)oc2c(N(c3ccc(-c4ccc5c(c4)c4cc(-c6ccc7c(c6)c(/C=C\C)c(C=C)n7-c6ccccc6)ccc4n5-c4ccc5c6c(cccc46)-c4ccccc4-5)cc3)c3ccccc3C)cccc12. The highest BCUT2D eigenvalue weighted by molar-refractivity contribution is 6.19. The van der Waals surface area contributed by atoms with Gasteiger partial charge < -0.3 is 18.5 Å². The van der Waals surface area contributed by atoms with Crippen molar-refractivity contribution < 1.29 is 4.42 Å². The third-order valence-electron chi connectivity index (χ3n) is 15.8. The minimum absolute atomic E-state index is 0.799.